The van der Waals surface area contributed by atoms with Gasteiger partial charge < -0.3 is 4.74 Å². The van der Waals surface area contributed by atoms with Crippen molar-refractivity contribution in [1.82, 2.24) is 0 Å². The minimum absolute atomic E-state index is 0.476. The van der Waals surface area contributed by atoms with Gasteiger partial charge in [-0.2, -0.15) is 0 Å². The predicted molar refractivity (Wildman–Crippen MR) is 206 cm³/mol. The van der Waals surface area contributed by atoms with E-state index in [4.69, 9.17) is 4.74 Å². The maximum Gasteiger partial charge on any atom is 0.135 e. The van der Waals surface area contributed by atoms with Crippen molar-refractivity contribution in [2.75, 3.05) is 0 Å². The Bertz CT molecular complexity index is 2870. The summed E-state index contributed by atoms with van der Waals surface area (Å²) < 4.78 is 6.53. The van der Waals surface area contributed by atoms with Gasteiger partial charge in [-0.05, 0) is 106 Å². The fourth-order valence-electron chi connectivity index (χ4n) is 9.76. The second kappa shape index (κ2) is 9.37. The zero-order valence-electron chi connectivity index (χ0n) is 27.1. The molecular weight excluding hydrogens is 605 g/mol. The molecule has 0 unspecified atom stereocenters. The van der Waals surface area contributed by atoms with Crippen LogP contribution in [0.4, 0.5) is 0 Å². The van der Waals surface area contributed by atoms with Gasteiger partial charge in [-0.15, -0.1) is 0 Å². The summed E-state index contributed by atoms with van der Waals surface area (Å²) in [5.74, 6) is 1.83. The number of rotatable bonds is 1. The molecule has 0 bridgehead atoms. The average molecular weight is 633 g/mol. The molecule has 1 heteroatoms. The second-order valence-corrected chi connectivity index (χ2v) is 13.9. The lowest BCUT2D eigenvalue weighted by molar-refractivity contribution is 0.487. The summed E-state index contributed by atoms with van der Waals surface area (Å²) in [5, 5.41) is 7.56. The molecule has 1 nitrogen and oxygen atoms in total. The van der Waals surface area contributed by atoms with Crippen LogP contribution in [0.25, 0.3) is 76.8 Å². The fourth-order valence-corrected chi connectivity index (χ4v) is 9.76. The van der Waals surface area contributed by atoms with Gasteiger partial charge in [0.25, 0.3) is 0 Å². The molecule has 9 aromatic rings. The van der Waals surface area contributed by atoms with E-state index in [-0.39, 0.29) is 0 Å². The zero-order chi connectivity index (χ0) is 32.6. The van der Waals surface area contributed by atoms with Crippen LogP contribution in [-0.4, -0.2) is 0 Å². The van der Waals surface area contributed by atoms with Gasteiger partial charge in [0, 0.05) is 10.9 Å². The average Bonchev–Trinajstić information content (AvgIpc) is 3.66. The summed E-state index contributed by atoms with van der Waals surface area (Å²) in [4.78, 5) is 0. The van der Waals surface area contributed by atoms with E-state index in [1.807, 2.05) is 0 Å². The smallest absolute Gasteiger partial charge is 0.135 e. The Kier molecular flexibility index (Phi) is 4.97. The van der Waals surface area contributed by atoms with E-state index in [2.05, 4.69) is 170 Å². The first-order chi connectivity index (χ1) is 24.8. The largest absolute Gasteiger partial charge is 0.456 e. The molecule has 230 valence electrons. The molecule has 0 amide bonds. The van der Waals surface area contributed by atoms with Gasteiger partial charge in [0.05, 0.1) is 5.41 Å². The molecule has 3 aliphatic rings. The monoisotopic (exact) mass is 632 g/mol. The van der Waals surface area contributed by atoms with Gasteiger partial charge >= 0.3 is 0 Å². The van der Waals surface area contributed by atoms with Crippen LogP contribution >= 0.6 is 0 Å². The topological polar surface area (TPSA) is 9.23 Å². The van der Waals surface area contributed by atoms with Gasteiger partial charge in [0.15, 0.2) is 0 Å². The molecule has 0 aromatic heterocycles. The van der Waals surface area contributed by atoms with Crippen LogP contribution in [0.1, 0.15) is 22.3 Å². The van der Waals surface area contributed by atoms with Crippen LogP contribution in [0.15, 0.2) is 170 Å². The van der Waals surface area contributed by atoms with Crippen molar-refractivity contribution in [3.8, 4) is 56.0 Å². The van der Waals surface area contributed by atoms with Crippen LogP contribution in [-0.2, 0) is 5.41 Å². The van der Waals surface area contributed by atoms with E-state index in [0.717, 1.165) is 17.1 Å². The highest BCUT2D eigenvalue weighted by Crippen LogP contribution is 2.66. The Hall–Kier alpha value is -6.44. The van der Waals surface area contributed by atoms with Crippen molar-refractivity contribution in [1.29, 1.82) is 0 Å². The van der Waals surface area contributed by atoms with Crippen LogP contribution in [0, 0.1) is 0 Å². The molecule has 1 spiro atoms. The van der Waals surface area contributed by atoms with Crippen molar-refractivity contribution in [2.24, 2.45) is 0 Å². The normalized spacial score (nSPS) is 13.9. The maximum atomic E-state index is 6.53. The summed E-state index contributed by atoms with van der Waals surface area (Å²) in [6.45, 7) is 0. The molecule has 0 saturated heterocycles. The Morgan fingerprint density at radius 2 is 0.960 bits per heavy atom. The summed E-state index contributed by atoms with van der Waals surface area (Å²) in [7, 11) is 0. The molecule has 2 aliphatic carbocycles. The number of benzene rings is 9. The van der Waals surface area contributed by atoms with Crippen molar-refractivity contribution >= 4 is 32.3 Å². The first kappa shape index (κ1) is 26.5. The molecule has 0 fully saturated rings. The van der Waals surface area contributed by atoms with Crippen LogP contribution < -0.4 is 4.74 Å². The number of hydrogen-bond acceptors (Lipinski definition) is 1. The molecule has 50 heavy (non-hydrogen) atoms. The van der Waals surface area contributed by atoms with E-state index < -0.39 is 5.41 Å². The summed E-state index contributed by atoms with van der Waals surface area (Å²) in [5.41, 5.74) is 15.1. The molecular formula is C49H28O. The predicted octanol–water partition coefficient (Wildman–Crippen LogP) is 12.9. The number of fused-ring (bicyclic) bond motifs is 16. The lowest BCUT2D eigenvalue weighted by Gasteiger charge is -2.32. The Morgan fingerprint density at radius 3 is 1.74 bits per heavy atom. The maximum absolute atomic E-state index is 6.53. The minimum Gasteiger partial charge on any atom is -0.456 e. The van der Waals surface area contributed by atoms with E-state index in [1.165, 1.54) is 93.5 Å². The third kappa shape index (κ3) is 3.14. The lowest BCUT2D eigenvalue weighted by atomic mass is 9.68. The number of ether oxygens (including phenoxy) is 1. The first-order valence-corrected chi connectivity index (χ1v) is 17.4. The van der Waals surface area contributed by atoms with Gasteiger partial charge in [-0.25, -0.2) is 0 Å². The van der Waals surface area contributed by atoms with Gasteiger partial charge in [-0.3, -0.25) is 0 Å². The van der Waals surface area contributed by atoms with Crippen molar-refractivity contribution < 1.29 is 4.74 Å². The quantitative estimate of drug-likeness (QED) is 0.175. The lowest BCUT2D eigenvalue weighted by Crippen LogP contribution is -2.26. The molecule has 0 saturated carbocycles. The molecule has 0 N–H and O–H groups in total. The van der Waals surface area contributed by atoms with Crippen LogP contribution in [0.2, 0.25) is 0 Å². The van der Waals surface area contributed by atoms with Gasteiger partial charge in [-0.1, -0.05) is 152 Å². The van der Waals surface area contributed by atoms with Crippen molar-refractivity contribution in [2.45, 2.75) is 5.41 Å². The molecule has 9 aromatic carbocycles. The fraction of sp³-hybridized carbons (Fsp3) is 0.0204. The molecule has 0 atom stereocenters. The van der Waals surface area contributed by atoms with E-state index in [9.17, 15) is 0 Å². The zero-order valence-corrected chi connectivity index (χ0v) is 27.1. The van der Waals surface area contributed by atoms with E-state index in [0.29, 0.717) is 0 Å². The summed E-state index contributed by atoms with van der Waals surface area (Å²) in [6, 6.07) is 63.1. The Balaban J connectivity index is 1.21. The first-order valence-electron chi connectivity index (χ1n) is 17.4. The Labute approximate surface area is 289 Å². The highest BCUT2D eigenvalue weighted by Gasteiger charge is 2.53. The highest BCUT2D eigenvalue weighted by atomic mass is 16.5. The second-order valence-electron chi connectivity index (χ2n) is 13.9. The van der Waals surface area contributed by atoms with Crippen LogP contribution in [0.3, 0.4) is 0 Å². The van der Waals surface area contributed by atoms with Crippen LogP contribution in [0.5, 0.6) is 11.5 Å². The van der Waals surface area contributed by atoms with Gasteiger partial charge in [0.2, 0.25) is 0 Å². The Morgan fingerprint density at radius 1 is 0.360 bits per heavy atom. The summed E-state index contributed by atoms with van der Waals surface area (Å²) in [6.07, 6.45) is 0. The SMILES string of the molecule is c1ccc2c(c1)-c1c(-c3ccc4c(c3)-c3cccc5cccc(c35)O4)cccc1C21c2c(ccc3ccccc23)-c2ccc3ccccc3c21. The molecule has 12 rings (SSSR count). The van der Waals surface area contributed by atoms with Gasteiger partial charge in [0.1, 0.15) is 11.5 Å². The third-order valence-electron chi connectivity index (χ3n) is 11.6. The minimum atomic E-state index is -0.476. The van der Waals surface area contributed by atoms with Crippen molar-refractivity contribution in [3.05, 3.63) is 192 Å². The molecule has 1 aliphatic heterocycles. The molecule has 1 heterocycles. The summed E-state index contributed by atoms with van der Waals surface area (Å²) >= 11 is 0. The van der Waals surface area contributed by atoms with Crippen molar-refractivity contribution in [3.63, 3.8) is 0 Å². The third-order valence-corrected chi connectivity index (χ3v) is 11.6. The van der Waals surface area contributed by atoms with E-state index >= 15 is 0 Å². The standard InChI is InChI=1S/C49H28O/c1-3-14-34-29(10-1)22-25-37-38-26-23-30-11-2-4-15-35(30)48(38)49(47(34)37)41-19-6-5-16-39(41)46-33(17-9-20-42(46)49)32-24-27-43-40(28-32)36-18-7-12-31-13-8-21-44(50-43)45(31)36/h1-28H. The van der Waals surface area contributed by atoms with E-state index in [1.54, 1.807) is 0 Å². The number of hydrogen-bond donors (Lipinski definition) is 0. The highest BCUT2D eigenvalue weighted by molar-refractivity contribution is 6.11. The molecule has 0 radical (unpaired) electrons.